The predicted octanol–water partition coefficient (Wildman–Crippen LogP) is 3.85. The molecule has 2 unspecified atom stereocenters. The van der Waals surface area contributed by atoms with Gasteiger partial charge in [-0.25, -0.2) is 4.79 Å². The minimum atomic E-state index is -0.776. The van der Waals surface area contributed by atoms with Crippen LogP contribution in [0.5, 0.6) is 0 Å². The lowest BCUT2D eigenvalue weighted by atomic mass is 9.83. The molecule has 2 atom stereocenters. The number of hydrogen-bond acceptors (Lipinski definition) is 4. The Morgan fingerprint density at radius 3 is 2.28 bits per heavy atom. The maximum atomic E-state index is 13.3. The van der Waals surface area contributed by atoms with Crippen molar-refractivity contribution >= 4 is 17.8 Å². The van der Waals surface area contributed by atoms with Crippen molar-refractivity contribution in [1.82, 2.24) is 10.6 Å². The van der Waals surface area contributed by atoms with Crippen LogP contribution in [-0.4, -0.2) is 37.0 Å². The number of nitrogens with one attached hydrogen (secondary N) is 2. The van der Waals surface area contributed by atoms with Crippen LogP contribution in [0.4, 0.5) is 0 Å². The van der Waals surface area contributed by atoms with Crippen LogP contribution in [0.25, 0.3) is 0 Å². The summed E-state index contributed by atoms with van der Waals surface area (Å²) < 4.78 is 4.99. The van der Waals surface area contributed by atoms with Gasteiger partial charge in [-0.2, -0.15) is 0 Å². The summed E-state index contributed by atoms with van der Waals surface area (Å²) in [4.78, 5) is 38.5. The van der Waals surface area contributed by atoms with Crippen LogP contribution in [0.2, 0.25) is 0 Å². The molecule has 1 aromatic rings. The molecule has 2 bridgehead atoms. The first-order valence-electron chi connectivity index (χ1n) is 12.3. The molecule has 0 aromatic heterocycles. The summed E-state index contributed by atoms with van der Waals surface area (Å²) >= 11 is 0. The molecule has 1 aromatic carbocycles. The molecule has 176 valence electrons. The molecule has 2 N–H and O–H groups in total. The van der Waals surface area contributed by atoms with Gasteiger partial charge in [0.25, 0.3) is 0 Å². The van der Waals surface area contributed by atoms with Crippen molar-refractivity contribution in [2.75, 3.05) is 7.11 Å². The first-order valence-corrected chi connectivity index (χ1v) is 12.3. The lowest BCUT2D eigenvalue weighted by molar-refractivity contribution is -0.145. The van der Waals surface area contributed by atoms with Gasteiger partial charge in [-0.3, -0.25) is 9.59 Å². The number of fused-ring (bicyclic) bond motifs is 2. The standard InChI is InChI=1S/C26H38N2O4/c1-32-26(31)22-18-20-13-10-12-19(17-20)11-6-3-2-4-9-16-23(29)28-24(25(30)27-22)21-14-7-5-8-15-21/h10,12-13,17,21-22,24H,2-9,11,14-16,18H2,1H3,(H,27,30)(H,28,29). The van der Waals surface area contributed by atoms with E-state index in [1.807, 2.05) is 12.1 Å². The maximum absolute atomic E-state index is 13.3. The number of carbonyl (C=O) groups excluding carboxylic acids is 3. The van der Waals surface area contributed by atoms with Crippen LogP contribution in [0.15, 0.2) is 24.3 Å². The van der Waals surface area contributed by atoms with Crippen LogP contribution in [0.1, 0.15) is 81.8 Å². The highest BCUT2D eigenvalue weighted by Gasteiger charge is 2.33. The van der Waals surface area contributed by atoms with Crippen molar-refractivity contribution in [3.05, 3.63) is 35.4 Å². The smallest absolute Gasteiger partial charge is 0.328 e. The largest absolute Gasteiger partial charge is 0.467 e. The van der Waals surface area contributed by atoms with Crippen molar-refractivity contribution in [2.24, 2.45) is 5.92 Å². The number of rotatable bonds is 2. The maximum Gasteiger partial charge on any atom is 0.328 e. The van der Waals surface area contributed by atoms with E-state index in [1.54, 1.807) is 0 Å². The molecular formula is C26H38N2O4. The van der Waals surface area contributed by atoms with Crippen molar-refractivity contribution in [1.29, 1.82) is 0 Å². The van der Waals surface area contributed by atoms with E-state index in [0.717, 1.165) is 69.8 Å². The van der Waals surface area contributed by atoms with Gasteiger partial charge in [-0.05, 0) is 49.1 Å². The fraction of sp³-hybridized carbons (Fsp3) is 0.654. The van der Waals surface area contributed by atoms with E-state index < -0.39 is 18.1 Å². The Bertz CT molecular complexity index is 773. The molecule has 1 aliphatic carbocycles. The van der Waals surface area contributed by atoms with Crippen molar-refractivity contribution in [3.63, 3.8) is 0 Å². The van der Waals surface area contributed by atoms with Gasteiger partial charge in [0.1, 0.15) is 12.1 Å². The average Bonchev–Trinajstić information content (AvgIpc) is 2.81. The molecule has 1 aliphatic heterocycles. The van der Waals surface area contributed by atoms with E-state index in [4.69, 9.17) is 4.74 Å². The summed E-state index contributed by atoms with van der Waals surface area (Å²) in [6.45, 7) is 0. The lowest BCUT2D eigenvalue weighted by Crippen LogP contribution is -2.55. The predicted molar refractivity (Wildman–Crippen MR) is 124 cm³/mol. The Kier molecular flexibility index (Phi) is 9.57. The van der Waals surface area contributed by atoms with Gasteiger partial charge >= 0.3 is 5.97 Å². The molecule has 0 spiro atoms. The molecule has 6 nitrogen and oxygen atoms in total. The van der Waals surface area contributed by atoms with E-state index in [9.17, 15) is 14.4 Å². The van der Waals surface area contributed by atoms with Crippen LogP contribution in [0.3, 0.4) is 0 Å². The zero-order chi connectivity index (χ0) is 22.8. The number of amides is 2. The van der Waals surface area contributed by atoms with Gasteiger partial charge in [-0.1, -0.05) is 62.8 Å². The zero-order valence-electron chi connectivity index (χ0n) is 19.4. The zero-order valence-corrected chi connectivity index (χ0v) is 19.4. The van der Waals surface area contributed by atoms with E-state index in [2.05, 4.69) is 22.8 Å². The molecular weight excluding hydrogens is 404 g/mol. The van der Waals surface area contributed by atoms with E-state index in [-0.39, 0.29) is 17.7 Å². The first-order chi connectivity index (χ1) is 15.6. The minimum absolute atomic E-state index is 0.0682. The quantitative estimate of drug-likeness (QED) is 0.682. The highest BCUT2D eigenvalue weighted by Crippen LogP contribution is 2.27. The number of aryl methyl sites for hydroxylation is 1. The van der Waals surface area contributed by atoms with E-state index in [1.165, 1.54) is 19.1 Å². The Balaban J connectivity index is 1.82. The van der Waals surface area contributed by atoms with Gasteiger partial charge in [0.15, 0.2) is 0 Å². The second-order valence-electron chi connectivity index (χ2n) is 9.32. The van der Waals surface area contributed by atoms with Gasteiger partial charge < -0.3 is 15.4 Å². The Hall–Kier alpha value is -2.37. The lowest BCUT2D eigenvalue weighted by Gasteiger charge is -2.31. The molecule has 1 saturated carbocycles. The van der Waals surface area contributed by atoms with Gasteiger partial charge in [0, 0.05) is 12.8 Å². The Morgan fingerprint density at radius 1 is 0.875 bits per heavy atom. The second-order valence-corrected chi connectivity index (χ2v) is 9.32. The molecule has 1 fully saturated rings. The fourth-order valence-corrected chi connectivity index (χ4v) is 5.00. The Labute approximate surface area is 191 Å². The first kappa shape index (κ1) is 24.3. The van der Waals surface area contributed by atoms with Crippen LogP contribution < -0.4 is 10.6 Å². The normalized spacial score (nSPS) is 24.7. The van der Waals surface area contributed by atoms with Crippen molar-refractivity contribution in [3.8, 4) is 0 Å². The molecule has 0 radical (unpaired) electrons. The number of esters is 1. The molecule has 6 heteroatoms. The number of hydrogen-bond donors (Lipinski definition) is 2. The minimum Gasteiger partial charge on any atom is -0.467 e. The Morgan fingerprint density at radius 2 is 1.53 bits per heavy atom. The fourth-order valence-electron chi connectivity index (χ4n) is 5.00. The molecule has 3 rings (SSSR count). The third kappa shape index (κ3) is 7.35. The molecule has 0 saturated heterocycles. The summed E-state index contributed by atoms with van der Waals surface area (Å²) in [6.07, 6.45) is 12.2. The molecule has 32 heavy (non-hydrogen) atoms. The van der Waals surface area contributed by atoms with Crippen molar-refractivity contribution in [2.45, 2.75) is 95.6 Å². The number of methoxy groups -OCH3 is 1. The van der Waals surface area contributed by atoms with Crippen LogP contribution >= 0.6 is 0 Å². The van der Waals surface area contributed by atoms with Gasteiger partial charge in [0.05, 0.1) is 7.11 Å². The van der Waals surface area contributed by atoms with Crippen LogP contribution in [-0.2, 0) is 32.0 Å². The SMILES string of the molecule is COC(=O)C1Cc2cccc(c2)CCCCCCCC(=O)NC(C2CCCCC2)C(=O)N1. The van der Waals surface area contributed by atoms with Gasteiger partial charge in [0.2, 0.25) is 11.8 Å². The highest BCUT2D eigenvalue weighted by molar-refractivity contribution is 5.91. The second kappa shape index (κ2) is 12.6. The molecule has 2 amide bonds. The summed E-state index contributed by atoms with van der Waals surface area (Å²) in [5.41, 5.74) is 2.25. The van der Waals surface area contributed by atoms with E-state index >= 15 is 0 Å². The summed E-state index contributed by atoms with van der Waals surface area (Å²) in [7, 11) is 1.34. The number of carbonyl (C=O) groups is 3. The summed E-state index contributed by atoms with van der Waals surface area (Å²) in [5.74, 6) is -0.700. The number of benzene rings is 1. The number of ether oxygens (including phenoxy) is 1. The highest BCUT2D eigenvalue weighted by atomic mass is 16.5. The average molecular weight is 443 g/mol. The topological polar surface area (TPSA) is 84.5 Å². The molecule has 2 aliphatic rings. The monoisotopic (exact) mass is 442 g/mol. The summed E-state index contributed by atoms with van der Waals surface area (Å²) in [6, 6.07) is 6.87. The third-order valence-electron chi connectivity index (χ3n) is 6.82. The van der Waals surface area contributed by atoms with Gasteiger partial charge in [-0.15, -0.1) is 0 Å². The van der Waals surface area contributed by atoms with Crippen molar-refractivity contribution < 1.29 is 19.1 Å². The van der Waals surface area contributed by atoms with Crippen LogP contribution in [0, 0.1) is 5.92 Å². The van der Waals surface area contributed by atoms with E-state index in [0.29, 0.717) is 12.8 Å². The molecule has 1 heterocycles. The third-order valence-corrected chi connectivity index (χ3v) is 6.82. The summed E-state index contributed by atoms with van der Waals surface area (Å²) in [5, 5.41) is 5.92.